The lowest BCUT2D eigenvalue weighted by molar-refractivity contribution is -0.0402. The smallest absolute Gasteiger partial charge is 0.150 e. The highest BCUT2D eigenvalue weighted by molar-refractivity contribution is 7.26. The molecule has 3 aromatic rings. The van der Waals surface area contributed by atoms with Gasteiger partial charge in [-0.25, -0.2) is 15.0 Å². The zero-order valence-corrected chi connectivity index (χ0v) is 20.0. The first-order chi connectivity index (χ1) is 14.3. The van der Waals surface area contributed by atoms with E-state index in [-0.39, 0.29) is 5.60 Å². The van der Waals surface area contributed by atoms with Gasteiger partial charge in [0.15, 0.2) is 0 Å². The van der Waals surface area contributed by atoms with Crippen LogP contribution in [-0.4, -0.2) is 33.6 Å². The van der Waals surface area contributed by atoms with Crippen molar-refractivity contribution in [2.24, 2.45) is 5.92 Å². The third-order valence-electron chi connectivity index (χ3n) is 5.78. The molecular weight excluding hydrogens is 392 g/mol. The van der Waals surface area contributed by atoms with Crippen LogP contribution in [0.4, 0.5) is 5.82 Å². The second kappa shape index (κ2) is 8.39. The van der Waals surface area contributed by atoms with Crippen molar-refractivity contribution in [3.8, 4) is 0 Å². The molecule has 4 heterocycles. The zero-order valence-electron chi connectivity index (χ0n) is 19.2. The summed E-state index contributed by atoms with van der Waals surface area (Å²) in [6.45, 7) is 16.0. The number of nitrogens with zero attached hydrogens (tertiary/aromatic N) is 4. The Balaban J connectivity index is 1.98. The van der Waals surface area contributed by atoms with Gasteiger partial charge in [0, 0.05) is 36.2 Å². The van der Waals surface area contributed by atoms with Crippen LogP contribution in [0.2, 0.25) is 0 Å². The molecule has 6 heteroatoms. The molecule has 5 nitrogen and oxygen atoms in total. The fourth-order valence-corrected chi connectivity index (χ4v) is 5.70. The zero-order chi connectivity index (χ0) is 21.5. The Kier molecular flexibility index (Phi) is 5.99. The molecule has 3 aromatic heterocycles. The van der Waals surface area contributed by atoms with Gasteiger partial charge >= 0.3 is 0 Å². The second-order valence-electron chi connectivity index (χ2n) is 9.48. The average Bonchev–Trinajstić information content (AvgIpc) is 3.05. The van der Waals surface area contributed by atoms with Crippen LogP contribution < -0.4 is 4.90 Å². The van der Waals surface area contributed by atoms with Crippen LogP contribution in [0.1, 0.15) is 71.2 Å². The van der Waals surface area contributed by atoms with Gasteiger partial charge in [0.1, 0.15) is 17.0 Å². The maximum atomic E-state index is 6.20. The van der Waals surface area contributed by atoms with Crippen molar-refractivity contribution in [2.45, 2.75) is 79.4 Å². The number of pyridine rings is 1. The van der Waals surface area contributed by atoms with Gasteiger partial charge in [0.25, 0.3) is 0 Å². The first-order valence-electron chi connectivity index (χ1n) is 11.3. The van der Waals surface area contributed by atoms with Crippen LogP contribution in [0.5, 0.6) is 0 Å². The summed E-state index contributed by atoms with van der Waals surface area (Å²) in [6.07, 6.45) is 5.82. The first-order valence-corrected chi connectivity index (χ1v) is 12.1. The lowest BCUT2D eigenvalue weighted by Gasteiger charge is -2.33. The predicted octanol–water partition coefficient (Wildman–Crippen LogP) is 5.92. The standard InChI is InChI=1S/C24H34N4OS/c1-7-9-28(10-8-2)22-21-20(25-14-26-22)19-16-12-24(5,6)29-13-17(16)18(11-15(3)4)27-23(19)30-21/h14-15H,7-13H2,1-6H3. The molecule has 0 fully saturated rings. The van der Waals surface area contributed by atoms with E-state index in [4.69, 9.17) is 19.7 Å². The molecule has 1 aliphatic heterocycles. The molecule has 0 atom stereocenters. The molecular formula is C24H34N4OS. The van der Waals surface area contributed by atoms with E-state index in [0.29, 0.717) is 12.5 Å². The number of aromatic nitrogens is 3. The second-order valence-corrected chi connectivity index (χ2v) is 10.5. The summed E-state index contributed by atoms with van der Waals surface area (Å²) in [6, 6.07) is 0. The number of thiophene rings is 1. The summed E-state index contributed by atoms with van der Waals surface area (Å²) < 4.78 is 7.38. The topological polar surface area (TPSA) is 51.1 Å². The van der Waals surface area contributed by atoms with Gasteiger partial charge in [-0.1, -0.05) is 27.7 Å². The van der Waals surface area contributed by atoms with Crippen LogP contribution in [-0.2, 0) is 24.2 Å². The number of hydrogen-bond acceptors (Lipinski definition) is 6. The number of hydrogen-bond donors (Lipinski definition) is 0. The molecule has 0 aromatic carbocycles. The number of anilines is 1. The number of rotatable bonds is 7. The van der Waals surface area contributed by atoms with Crippen molar-refractivity contribution < 1.29 is 4.74 Å². The molecule has 0 spiro atoms. The average molecular weight is 427 g/mol. The Morgan fingerprint density at radius 1 is 1.13 bits per heavy atom. The van der Waals surface area contributed by atoms with Crippen LogP contribution in [0.3, 0.4) is 0 Å². The summed E-state index contributed by atoms with van der Waals surface area (Å²) in [7, 11) is 0. The van der Waals surface area contributed by atoms with E-state index in [1.807, 2.05) is 0 Å². The van der Waals surface area contributed by atoms with Crippen LogP contribution in [0, 0.1) is 5.92 Å². The minimum absolute atomic E-state index is 0.170. The van der Waals surface area contributed by atoms with Gasteiger partial charge in [0.05, 0.1) is 22.4 Å². The fraction of sp³-hybridized carbons (Fsp3) is 0.625. The SMILES string of the molecule is CCCN(CCC)c1ncnc2c1sc1nc(CC(C)C)c3c(c12)CC(C)(C)OC3. The van der Waals surface area contributed by atoms with Crippen molar-refractivity contribution in [1.29, 1.82) is 0 Å². The van der Waals surface area contributed by atoms with Crippen LogP contribution in [0.25, 0.3) is 20.4 Å². The lowest BCUT2D eigenvalue weighted by atomic mass is 9.88. The highest BCUT2D eigenvalue weighted by atomic mass is 32.1. The molecule has 0 radical (unpaired) electrons. The van der Waals surface area contributed by atoms with E-state index in [2.05, 4.69) is 46.4 Å². The van der Waals surface area contributed by atoms with E-state index in [9.17, 15) is 0 Å². The Morgan fingerprint density at radius 3 is 2.53 bits per heavy atom. The third kappa shape index (κ3) is 3.92. The molecule has 30 heavy (non-hydrogen) atoms. The Labute approximate surface area is 183 Å². The third-order valence-corrected chi connectivity index (χ3v) is 6.85. The summed E-state index contributed by atoms with van der Waals surface area (Å²) in [5.74, 6) is 1.63. The van der Waals surface area contributed by atoms with Gasteiger partial charge in [0.2, 0.25) is 0 Å². The monoisotopic (exact) mass is 426 g/mol. The summed E-state index contributed by atoms with van der Waals surface area (Å²) in [4.78, 5) is 18.2. The normalized spacial score (nSPS) is 15.8. The Hall–Kier alpha value is -1.79. The van der Waals surface area contributed by atoms with Crippen molar-refractivity contribution in [1.82, 2.24) is 15.0 Å². The Morgan fingerprint density at radius 2 is 1.87 bits per heavy atom. The molecule has 0 aliphatic carbocycles. The fourth-order valence-electron chi connectivity index (χ4n) is 4.51. The first kappa shape index (κ1) is 21.4. The molecule has 0 bridgehead atoms. The Bertz CT molecular complexity index is 1050. The number of fused-ring (bicyclic) bond motifs is 5. The molecule has 0 N–H and O–H groups in total. The summed E-state index contributed by atoms with van der Waals surface area (Å²) in [5, 5.41) is 1.23. The van der Waals surface area contributed by atoms with E-state index in [0.717, 1.165) is 54.9 Å². The van der Waals surface area contributed by atoms with Gasteiger partial charge in [-0.05, 0) is 44.6 Å². The quantitative estimate of drug-likeness (QED) is 0.470. The van der Waals surface area contributed by atoms with Gasteiger partial charge in [-0.15, -0.1) is 11.3 Å². The van der Waals surface area contributed by atoms with Gasteiger partial charge < -0.3 is 9.64 Å². The lowest BCUT2D eigenvalue weighted by Crippen LogP contribution is -2.33. The summed E-state index contributed by atoms with van der Waals surface area (Å²) in [5.41, 5.74) is 4.77. The number of ether oxygens (including phenoxy) is 1. The minimum Gasteiger partial charge on any atom is -0.370 e. The van der Waals surface area contributed by atoms with Crippen molar-refractivity contribution in [2.75, 3.05) is 18.0 Å². The maximum absolute atomic E-state index is 6.20. The predicted molar refractivity (Wildman–Crippen MR) is 127 cm³/mol. The molecule has 0 amide bonds. The van der Waals surface area contributed by atoms with E-state index in [1.165, 1.54) is 26.9 Å². The highest BCUT2D eigenvalue weighted by Gasteiger charge is 2.32. The molecule has 4 rings (SSSR count). The van der Waals surface area contributed by atoms with Crippen LogP contribution in [0.15, 0.2) is 6.33 Å². The molecule has 1 aliphatic rings. The molecule has 162 valence electrons. The van der Waals surface area contributed by atoms with Crippen molar-refractivity contribution in [3.63, 3.8) is 0 Å². The van der Waals surface area contributed by atoms with E-state index >= 15 is 0 Å². The van der Waals surface area contributed by atoms with Gasteiger partial charge in [-0.2, -0.15) is 0 Å². The van der Waals surface area contributed by atoms with E-state index < -0.39 is 0 Å². The minimum atomic E-state index is -0.170. The van der Waals surface area contributed by atoms with Gasteiger partial charge in [-0.3, -0.25) is 0 Å². The summed E-state index contributed by atoms with van der Waals surface area (Å²) >= 11 is 1.76. The molecule has 0 saturated heterocycles. The van der Waals surface area contributed by atoms with Crippen molar-refractivity contribution in [3.05, 3.63) is 23.1 Å². The maximum Gasteiger partial charge on any atom is 0.150 e. The van der Waals surface area contributed by atoms with Crippen LogP contribution >= 0.6 is 11.3 Å². The molecule has 0 unspecified atom stereocenters. The highest BCUT2D eigenvalue weighted by Crippen LogP contribution is 2.43. The largest absolute Gasteiger partial charge is 0.370 e. The van der Waals surface area contributed by atoms with E-state index in [1.54, 1.807) is 17.7 Å². The van der Waals surface area contributed by atoms with Crippen molar-refractivity contribution >= 4 is 37.6 Å². The molecule has 0 saturated carbocycles.